The number of carbonyl (C=O) groups excluding carboxylic acids is 1. The second kappa shape index (κ2) is 4.58. The number of ether oxygens (including phenoxy) is 2. The van der Waals surface area contributed by atoms with E-state index in [0.29, 0.717) is 22.3 Å². The molecule has 6 heteroatoms. The van der Waals surface area contributed by atoms with E-state index in [9.17, 15) is 4.79 Å². The first kappa shape index (κ1) is 11.7. The molecule has 0 radical (unpaired) electrons. The van der Waals surface area contributed by atoms with Crippen molar-refractivity contribution in [1.82, 2.24) is 5.32 Å². The highest BCUT2D eigenvalue weighted by molar-refractivity contribution is 7.80. The molecule has 0 aliphatic carbocycles. The summed E-state index contributed by atoms with van der Waals surface area (Å²) in [5.41, 5.74) is 0.669. The summed E-state index contributed by atoms with van der Waals surface area (Å²) in [6.45, 7) is 0.229. The van der Waals surface area contributed by atoms with Crippen molar-refractivity contribution in [2.45, 2.75) is 0 Å². The number of methoxy groups -OCH3 is 2. The number of carbonyl (C=O) groups is 1. The summed E-state index contributed by atoms with van der Waals surface area (Å²) >= 11 is 5.06. The minimum atomic E-state index is -0.0813. The Bertz CT molecular complexity index is 460. The minimum Gasteiger partial charge on any atom is -0.493 e. The van der Waals surface area contributed by atoms with Crippen LogP contribution in [0.1, 0.15) is 0 Å². The smallest absolute Gasteiger partial charge is 0.252 e. The van der Waals surface area contributed by atoms with E-state index in [1.807, 2.05) is 0 Å². The number of hydrogen-bond donors (Lipinski definition) is 1. The Hall–Kier alpha value is -1.82. The van der Waals surface area contributed by atoms with Gasteiger partial charge in [0.2, 0.25) is 0 Å². The summed E-state index contributed by atoms with van der Waals surface area (Å²) in [6.07, 6.45) is 0. The average molecular weight is 252 g/mol. The molecule has 0 spiro atoms. The molecule has 1 heterocycles. The molecule has 5 nitrogen and oxygen atoms in total. The van der Waals surface area contributed by atoms with Crippen LogP contribution in [0.4, 0.5) is 5.69 Å². The van der Waals surface area contributed by atoms with E-state index >= 15 is 0 Å². The van der Waals surface area contributed by atoms with E-state index in [1.165, 1.54) is 4.90 Å². The molecule has 0 aromatic heterocycles. The van der Waals surface area contributed by atoms with E-state index < -0.39 is 0 Å². The molecule has 1 saturated heterocycles. The normalized spacial score (nSPS) is 14.8. The number of nitrogens with one attached hydrogen (secondary N) is 1. The summed E-state index contributed by atoms with van der Waals surface area (Å²) in [5.74, 6) is 1.09. The van der Waals surface area contributed by atoms with Gasteiger partial charge in [-0.1, -0.05) is 0 Å². The third kappa shape index (κ3) is 2.03. The third-order valence-corrected chi connectivity index (χ3v) is 2.80. The minimum absolute atomic E-state index is 0.0813. The van der Waals surface area contributed by atoms with Crippen molar-refractivity contribution >= 4 is 28.9 Å². The molecule has 1 aliphatic heterocycles. The van der Waals surface area contributed by atoms with Crippen LogP contribution in [0.15, 0.2) is 18.2 Å². The van der Waals surface area contributed by atoms with Crippen LogP contribution >= 0.6 is 12.2 Å². The Morgan fingerprint density at radius 2 is 2.00 bits per heavy atom. The second-order valence-electron chi connectivity index (χ2n) is 3.43. The standard InChI is InChI=1S/C11H12N2O3S/c1-15-8-4-3-7(5-9(8)16-2)13-10(14)6-12-11(13)17/h3-5H,6H2,1-2H3,(H,12,17). The zero-order chi connectivity index (χ0) is 12.4. The van der Waals surface area contributed by atoms with Gasteiger partial charge in [-0.2, -0.15) is 0 Å². The second-order valence-corrected chi connectivity index (χ2v) is 3.81. The van der Waals surface area contributed by atoms with Crippen LogP contribution < -0.4 is 19.7 Å². The Kier molecular flexibility index (Phi) is 3.14. The first-order chi connectivity index (χ1) is 8.17. The van der Waals surface area contributed by atoms with Gasteiger partial charge >= 0.3 is 0 Å². The molecule has 17 heavy (non-hydrogen) atoms. The number of benzene rings is 1. The molecule has 1 aromatic carbocycles. The highest BCUT2D eigenvalue weighted by Gasteiger charge is 2.27. The van der Waals surface area contributed by atoms with Crippen molar-refractivity contribution in [1.29, 1.82) is 0 Å². The van der Waals surface area contributed by atoms with Crippen LogP contribution in [-0.2, 0) is 4.79 Å². The maximum atomic E-state index is 11.6. The monoisotopic (exact) mass is 252 g/mol. The lowest BCUT2D eigenvalue weighted by molar-refractivity contribution is -0.115. The Labute approximate surface area is 104 Å². The zero-order valence-corrected chi connectivity index (χ0v) is 10.3. The summed E-state index contributed by atoms with van der Waals surface area (Å²) in [6, 6.07) is 5.22. The van der Waals surface area contributed by atoms with Gasteiger partial charge in [-0.15, -0.1) is 0 Å². The molecule has 1 aliphatic rings. The van der Waals surface area contributed by atoms with E-state index in [0.717, 1.165) is 0 Å². The molecule has 0 atom stereocenters. The van der Waals surface area contributed by atoms with Crippen LogP contribution in [0.25, 0.3) is 0 Å². The van der Waals surface area contributed by atoms with Crippen molar-refractivity contribution < 1.29 is 14.3 Å². The number of anilines is 1. The molecule has 0 bridgehead atoms. The maximum absolute atomic E-state index is 11.6. The number of hydrogen-bond acceptors (Lipinski definition) is 4. The molecular weight excluding hydrogens is 240 g/mol. The number of nitrogens with zero attached hydrogens (tertiary/aromatic N) is 1. The van der Waals surface area contributed by atoms with Gasteiger partial charge < -0.3 is 14.8 Å². The number of amides is 1. The van der Waals surface area contributed by atoms with Gasteiger partial charge in [0.15, 0.2) is 16.6 Å². The van der Waals surface area contributed by atoms with Gasteiger partial charge in [0.05, 0.1) is 26.5 Å². The highest BCUT2D eigenvalue weighted by Crippen LogP contribution is 2.32. The van der Waals surface area contributed by atoms with Gasteiger partial charge in [-0.05, 0) is 24.4 Å². The van der Waals surface area contributed by atoms with Crippen molar-refractivity contribution in [3.63, 3.8) is 0 Å². The molecule has 0 saturated carbocycles. The Morgan fingerprint density at radius 3 is 2.53 bits per heavy atom. The van der Waals surface area contributed by atoms with E-state index in [1.54, 1.807) is 32.4 Å². The fourth-order valence-corrected chi connectivity index (χ4v) is 1.93. The average Bonchev–Trinajstić information content (AvgIpc) is 2.68. The predicted octanol–water partition coefficient (Wildman–Crippen LogP) is 0.925. The summed E-state index contributed by atoms with van der Waals surface area (Å²) < 4.78 is 10.3. The fourth-order valence-electron chi connectivity index (χ4n) is 1.65. The molecular formula is C11H12N2O3S. The van der Waals surface area contributed by atoms with Crippen molar-refractivity contribution in [3.05, 3.63) is 18.2 Å². The molecule has 1 amide bonds. The van der Waals surface area contributed by atoms with Gasteiger partial charge in [-0.25, -0.2) is 0 Å². The number of rotatable bonds is 3. The van der Waals surface area contributed by atoms with Crippen LogP contribution in [-0.4, -0.2) is 31.8 Å². The van der Waals surface area contributed by atoms with Crippen LogP contribution in [0, 0.1) is 0 Å². The fraction of sp³-hybridized carbons (Fsp3) is 0.273. The quantitative estimate of drug-likeness (QED) is 0.811. The van der Waals surface area contributed by atoms with E-state index in [2.05, 4.69) is 5.32 Å². The van der Waals surface area contributed by atoms with Gasteiger partial charge in [0.25, 0.3) is 5.91 Å². The lowest BCUT2D eigenvalue weighted by atomic mass is 10.2. The van der Waals surface area contributed by atoms with Gasteiger partial charge in [0.1, 0.15) is 0 Å². The zero-order valence-electron chi connectivity index (χ0n) is 9.52. The topological polar surface area (TPSA) is 50.8 Å². The van der Waals surface area contributed by atoms with E-state index in [-0.39, 0.29) is 12.5 Å². The summed E-state index contributed by atoms with van der Waals surface area (Å²) in [7, 11) is 3.11. The molecule has 1 N–H and O–H groups in total. The van der Waals surface area contributed by atoms with Gasteiger partial charge in [-0.3, -0.25) is 9.69 Å². The third-order valence-electron chi connectivity index (χ3n) is 2.47. The van der Waals surface area contributed by atoms with E-state index in [4.69, 9.17) is 21.7 Å². The molecule has 1 aromatic rings. The molecule has 1 fully saturated rings. The van der Waals surface area contributed by atoms with Crippen molar-refractivity contribution in [3.8, 4) is 11.5 Å². The molecule has 2 rings (SSSR count). The summed E-state index contributed by atoms with van der Waals surface area (Å²) in [4.78, 5) is 13.1. The first-order valence-corrected chi connectivity index (χ1v) is 5.41. The Balaban J connectivity index is 2.39. The largest absolute Gasteiger partial charge is 0.493 e. The SMILES string of the molecule is COc1ccc(N2C(=O)CNC2=S)cc1OC. The molecule has 90 valence electrons. The van der Waals surface area contributed by atoms with Gasteiger partial charge in [0, 0.05) is 6.07 Å². The van der Waals surface area contributed by atoms with Crippen molar-refractivity contribution in [2.75, 3.05) is 25.7 Å². The van der Waals surface area contributed by atoms with Crippen LogP contribution in [0.5, 0.6) is 11.5 Å². The van der Waals surface area contributed by atoms with Crippen LogP contribution in [0.3, 0.4) is 0 Å². The van der Waals surface area contributed by atoms with Crippen LogP contribution in [0.2, 0.25) is 0 Å². The summed E-state index contributed by atoms with van der Waals surface area (Å²) in [5, 5.41) is 3.22. The highest BCUT2D eigenvalue weighted by atomic mass is 32.1. The predicted molar refractivity (Wildman–Crippen MR) is 67.6 cm³/mol. The molecule has 0 unspecified atom stereocenters. The Morgan fingerprint density at radius 1 is 1.29 bits per heavy atom. The van der Waals surface area contributed by atoms with Crippen molar-refractivity contribution in [2.24, 2.45) is 0 Å². The lowest BCUT2D eigenvalue weighted by Crippen LogP contribution is -2.30. The maximum Gasteiger partial charge on any atom is 0.252 e. The first-order valence-electron chi connectivity index (χ1n) is 5.00. The number of thiocarbonyl (C=S) groups is 1. The lowest BCUT2D eigenvalue weighted by Gasteiger charge is -2.16.